The lowest BCUT2D eigenvalue weighted by molar-refractivity contribution is -0.123. The predicted octanol–water partition coefficient (Wildman–Crippen LogP) is 2.96. The lowest BCUT2D eigenvalue weighted by Crippen LogP contribution is -2.52. The van der Waals surface area contributed by atoms with Gasteiger partial charge in [-0.2, -0.15) is 0 Å². The van der Waals surface area contributed by atoms with Crippen LogP contribution in [0.25, 0.3) is 0 Å². The van der Waals surface area contributed by atoms with E-state index in [1.807, 2.05) is 0 Å². The molecular weight excluding hydrogens is 411 g/mol. The van der Waals surface area contributed by atoms with Crippen molar-refractivity contribution in [2.24, 2.45) is 0 Å². The maximum Gasteiger partial charge on any atom is 0.244 e. The second-order valence-corrected chi connectivity index (χ2v) is 8.71. The van der Waals surface area contributed by atoms with E-state index in [1.54, 1.807) is 45.2 Å². The molecule has 1 N–H and O–H groups in total. The minimum absolute atomic E-state index is 0.198. The van der Waals surface area contributed by atoms with Crippen LogP contribution in [0.5, 0.6) is 11.5 Å². The van der Waals surface area contributed by atoms with E-state index in [9.17, 15) is 17.6 Å². The highest BCUT2D eigenvalue weighted by Crippen LogP contribution is 2.23. The Morgan fingerprint density at radius 2 is 1.67 bits per heavy atom. The highest BCUT2D eigenvalue weighted by Gasteiger charge is 2.32. The first-order valence-electron chi connectivity index (χ1n) is 9.48. The van der Waals surface area contributed by atoms with Crippen LogP contribution < -0.4 is 19.1 Å². The van der Waals surface area contributed by atoms with E-state index in [4.69, 9.17) is 9.47 Å². The smallest absolute Gasteiger partial charge is 0.244 e. The zero-order chi connectivity index (χ0) is 22.3. The normalized spacial score (nSPS) is 13.2. The minimum Gasteiger partial charge on any atom is -0.497 e. The molecule has 2 rings (SSSR count). The first-order valence-corrected chi connectivity index (χ1v) is 11.3. The van der Waals surface area contributed by atoms with E-state index in [-0.39, 0.29) is 24.8 Å². The number of anilines is 1. The number of carbonyl (C=O) groups excluding carboxylic acids is 1. The van der Waals surface area contributed by atoms with E-state index >= 15 is 0 Å². The van der Waals surface area contributed by atoms with E-state index in [2.05, 4.69) is 5.32 Å². The van der Waals surface area contributed by atoms with Crippen LogP contribution in [0.1, 0.15) is 20.3 Å². The number of hydrogen-bond donors (Lipinski definition) is 1. The van der Waals surface area contributed by atoms with Crippen molar-refractivity contribution in [3.05, 3.63) is 54.3 Å². The molecule has 9 heteroatoms. The van der Waals surface area contributed by atoms with Crippen molar-refractivity contribution in [1.82, 2.24) is 5.32 Å². The number of ether oxygens (including phenoxy) is 2. The fourth-order valence-corrected chi connectivity index (χ4v) is 4.13. The Bertz CT molecular complexity index is 933. The first-order chi connectivity index (χ1) is 14.2. The highest BCUT2D eigenvalue weighted by atomic mass is 32.2. The van der Waals surface area contributed by atoms with Crippen LogP contribution in [-0.4, -0.2) is 46.4 Å². The van der Waals surface area contributed by atoms with Gasteiger partial charge in [0.2, 0.25) is 15.9 Å². The summed E-state index contributed by atoms with van der Waals surface area (Å²) in [6, 6.07) is 10.7. The number of sulfonamides is 1. The summed E-state index contributed by atoms with van der Waals surface area (Å²) in [5.74, 6) is 0.372. The van der Waals surface area contributed by atoms with Gasteiger partial charge in [-0.1, -0.05) is 6.92 Å². The van der Waals surface area contributed by atoms with Crippen LogP contribution >= 0.6 is 0 Å². The van der Waals surface area contributed by atoms with Crippen LogP contribution in [0, 0.1) is 5.82 Å². The molecule has 0 saturated heterocycles. The van der Waals surface area contributed by atoms with Gasteiger partial charge in [0, 0.05) is 0 Å². The Balaban J connectivity index is 2.07. The molecule has 0 saturated carbocycles. The summed E-state index contributed by atoms with van der Waals surface area (Å²) < 4.78 is 49.8. The average Bonchev–Trinajstić information content (AvgIpc) is 2.70. The summed E-state index contributed by atoms with van der Waals surface area (Å²) in [4.78, 5) is 12.8. The van der Waals surface area contributed by atoms with Gasteiger partial charge in [0.25, 0.3) is 0 Å². The van der Waals surface area contributed by atoms with Gasteiger partial charge in [0.1, 0.15) is 30.0 Å². The van der Waals surface area contributed by atoms with Crippen molar-refractivity contribution in [3.8, 4) is 11.5 Å². The summed E-state index contributed by atoms with van der Waals surface area (Å²) in [5, 5.41) is 2.79. The van der Waals surface area contributed by atoms with Crippen LogP contribution in [-0.2, 0) is 14.8 Å². The Labute approximate surface area is 176 Å². The fraction of sp³-hybridized carbons (Fsp3) is 0.381. The van der Waals surface area contributed by atoms with Gasteiger partial charge in [-0.15, -0.1) is 0 Å². The molecular formula is C21H27FN2O5S. The third-order valence-electron chi connectivity index (χ3n) is 4.36. The Morgan fingerprint density at radius 1 is 1.10 bits per heavy atom. The molecule has 164 valence electrons. The SMILES string of the molecule is CC[C@H](C(=O)N[C@H](C)COc1ccc(OC)cc1)N(c1ccc(F)cc1)S(C)(=O)=O. The zero-order valence-electron chi connectivity index (χ0n) is 17.5. The van der Waals surface area contributed by atoms with Gasteiger partial charge in [0.05, 0.1) is 25.1 Å². The number of amides is 1. The molecule has 0 spiro atoms. The Morgan fingerprint density at radius 3 is 2.17 bits per heavy atom. The molecule has 0 bridgehead atoms. The quantitative estimate of drug-likeness (QED) is 0.617. The summed E-state index contributed by atoms with van der Waals surface area (Å²) >= 11 is 0. The molecule has 0 aliphatic carbocycles. The lowest BCUT2D eigenvalue weighted by Gasteiger charge is -2.31. The van der Waals surface area contributed by atoms with E-state index in [1.165, 1.54) is 12.1 Å². The largest absolute Gasteiger partial charge is 0.497 e. The standard InChI is InChI=1S/C21H27FN2O5S/c1-5-20(24(30(4,26)27)17-8-6-16(22)7-9-17)21(25)23-15(2)14-29-19-12-10-18(28-3)11-13-19/h6-13,15,20H,5,14H2,1-4H3,(H,23,25)/t15-,20-/m1/s1. The fourth-order valence-electron chi connectivity index (χ4n) is 2.92. The number of hydrogen-bond acceptors (Lipinski definition) is 5. The molecule has 7 nitrogen and oxygen atoms in total. The second kappa shape index (κ2) is 10.3. The van der Waals surface area contributed by atoms with E-state index in [0.29, 0.717) is 11.5 Å². The number of nitrogens with one attached hydrogen (secondary N) is 1. The van der Waals surface area contributed by atoms with E-state index < -0.39 is 27.8 Å². The van der Waals surface area contributed by atoms with Crippen LogP contribution in [0.2, 0.25) is 0 Å². The van der Waals surface area contributed by atoms with Gasteiger partial charge >= 0.3 is 0 Å². The van der Waals surface area contributed by atoms with Crippen molar-refractivity contribution < 1.29 is 27.1 Å². The zero-order valence-corrected chi connectivity index (χ0v) is 18.3. The molecule has 0 fully saturated rings. The number of nitrogens with zero attached hydrogens (tertiary/aromatic N) is 1. The maximum absolute atomic E-state index is 13.3. The van der Waals surface area contributed by atoms with Crippen molar-refractivity contribution in [3.63, 3.8) is 0 Å². The molecule has 1 amide bonds. The summed E-state index contributed by atoms with van der Waals surface area (Å²) in [6.45, 7) is 3.67. The predicted molar refractivity (Wildman–Crippen MR) is 114 cm³/mol. The summed E-state index contributed by atoms with van der Waals surface area (Å²) in [6.07, 6.45) is 1.25. The van der Waals surface area contributed by atoms with E-state index in [0.717, 1.165) is 22.7 Å². The molecule has 0 aromatic heterocycles. The van der Waals surface area contributed by atoms with Gasteiger partial charge in [-0.3, -0.25) is 9.10 Å². The van der Waals surface area contributed by atoms with Crippen molar-refractivity contribution in [1.29, 1.82) is 0 Å². The number of halogens is 1. The molecule has 30 heavy (non-hydrogen) atoms. The molecule has 2 aromatic rings. The van der Waals surface area contributed by atoms with Gasteiger partial charge in [-0.05, 0) is 61.9 Å². The van der Waals surface area contributed by atoms with Crippen molar-refractivity contribution in [2.75, 3.05) is 24.3 Å². The third-order valence-corrected chi connectivity index (χ3v) is 5.54. The molecule has 0 aliphatic heterocycles. The highest BCUT2D eigenvalue weighted by molar-refractivity contribution is 7.92. The molecule has 0 unspecified atom stereocenters. The van der Waals surface area contributed by atoms with Crippen LogP contribution in [0.4, 0.5) is 10.1 Å². The van der Waals surface area contributed by atoms with Gasteiger partial charge < -0.3 is 14.8 Å². The number of rotatable bonds is 10. The van der Waals surface area contributed by atoms with Crippen molar-refractivity contribution >= 4 is 21.6 Å². The second-order valence-electron chi connectivity index (χ2n) is 6.86. The third kappa shape index (κ3) is 6.35. The number of methoxy groups -OCH3 is 1. The molecule has 2 aromatic carbocycles. The summed E-state index contributed by atoms with van der Waals surface area (Å²) in [5.41, 5.74) is 0.225. The Kier molecular flexibility index (Phi) is 8.05. The molecule has 0 heterocycles. The van der Waals surface area contributed by atoms with Crippen molar-refractivity contribution in [2.45, 2.75) is 32.4 Å². The maximum atomic E-state index is 13.3. The molecule has 0 radical (unpaired) electrons. The topological polar surface area (TPSA) is 84.9 Å². The molecule has 0 aliphatic rings. The number of carbonyl (C=O) groups is 1. The Hall–Kier alpha value is -2.81. The average molecular weight is 439 g/mol. The number of benzene rings is 2. The lowest BCUT2D eigenvalue weighted by atomic mass is 10.1. The molecule has 2 atom stereocenters. The first kappa shape index (κ1) is 23.5. The van der Waals surface area contributed by atoms with Crippen LogP contribution in [0.15, 0.2) is 48.5 Å². The minimum atomic E-state index is -3.78. The van der Waals surface area contributed by atoms with Gasteiger partial charge in [0.15, 0.2) is 0 Å². The summed E-state index contributed by atoms with van der Waals surface area (Å²) in [7, 11) is -2.21. The van der Waals surface area contributed by atoms with Gasteiger partial charge in [-0.25, -0.2) is 12.8 Å². The monoisotopic (exact) mass is 438 g/mol. The van der Waals surface area contributed by atoms with Crippen LogP contribution in [0.3, 0.4) is 0 Å².